The van der Waals surface area contributed by atoms with Crippen molar-refractivity contribution in [1.29, 1.82) is 0 Å². The van der Waals surface area contributed by atoms with Crippen molar-refractivity contribution >= 4 is 27.3 Å². The fraction of sp³-hybridized carbons (Fsp3) is 0.286. The second-order valence-corrected chi connectivity index (χ2v) is 5.62. The summed E-state index contributed by atoms with van der Waals surface area (Å²) >= 11 is 5.27. The fourth-order valence-corrected chi connectivity index (χ4v) is 2.98. The molecule has 2 rings (SSSR count). The van der Waals surface area contributed by atoms with Gasteiger partial charge in [-0.25, -0.2) is 0 Å². The fourth-order valence-electron chi connectivity index (χ4n) is 1.75. The Labute approximate surface area is 120 Å². The van der Waals surface area contributed by atoms with Crippen LogP contribution in [-0.2, 0) is 13.0 Å². The van der Waals surface area contributed by atoms with Crippen LogP contribution < -0.4 is 10.1 Å². The number of halogens is 1. The van der Waals surface area contributed by atoms with Gasteiger partial charge >= 0.3 is 0 Å². The molecule has 2 aromatic rings. The number of nitrogens with one attached hydrogen (secondary N) is 1. The summed E-state index contributed by atoms with van der Waals surface area (Å²) in [6.07, 6.45) is 0.948. The molecule has 1 aromatic heterocycles. The summed E-state index contributed by atoms with van der Waals surface area (Å²) < 4.78 is 6.93. The summed E-state index contributed by atoms with van der Waals surface area (Å²) in [7, 11) is 1.94. The number of thiophene rings is 1. The first-order chi connectivity index (χ1) is 8.81. The average Bonchev–Trinajstić information content (AvgIpc) is 2.86. The van der Waals surface area contributed by atoms with Gasteiger partial charge in [0.25, 0.3) is 0 Å². The van der Waals surface area contributed by atoms with Crippen molar-refractivity contribution in [1.82, 2.24) is 5.32 Å². The van der Waals surface area contributed by atoms with Crippen molar-refractivity contribution in [2.45, 2.75) is 13.0 Å². The summed E-state index contributed by atoms with van der Waals surface area (Å²) in [5.74, 6) is 0.946. The van der Waals surface area contributed by atoms with Crippen molar-refractivity contribution < 1.29 is 4.74 Å². The van der Waals surface area contributed by atoms with Crippen LogP contribution in [0.15, 0.2) is 39.5 Å². The summed E-state index contributed by atoms with van der Waals surface area (Å²) in [5, 5.41) is 7.42. The topological polar surface area (TPSA) is 21.3 Å². The molecule has 0 saturated carbocycles. The molecular formula is C14H16BrNOS. The highest BCUT2D eigenvalue weighted by molar-refractivity contribution is 9.10. The predicted octanol–water partition coefficient (Wildman–Crippen LogP) is 3.85. The van der Waals surface area contributed by atoms with Crippen LogP contribution in [0.1, 0.15) is 11.1 Å². The van der Waals surface area contributed by atoms with Crippen LogP contribution in [-0.4, -0.2) is 13.7 Å². The van der Waals surface area contributed by atoms with Crippen molar-refractivity contribution in [2.24, 2.45) is 0 Å². The molecule has 0 fully saturated rings. The minimum Gasteiger partial charge on any atom is -0.492 e. The van der Waals surface area contributed by atoms with Crippen LogP contribution in [0, 0.1) is 0 Å². The highest BCUT2D eigenvalue weighted by Crippen LogP contribution is 2.29. The molecular weight excluding hydrogens is 310 g/mol. The van der Waals surface area contributed by atoms with E-state index in [-0.39, 0.29) is 0 Å². The number of hydrogen-bond acceptors (Lipinski definition) is 3. The van der Waals surface area contributed by atoms with E-state index < -0.39 is 0 Å². The van der Waals surface area contributed by atoms with Gasteiger partial charge in [0.2, 0.25) is 0 Å². The largest absolute Gasteiger partial charge is 0.492 e. The van der Waals surface area contributed by atoms with Gasteiger partial charge in [-0.15, -0.1) is 0 Å². The lowest BCUT2D eigenvalue weighted by atomic mass is 10.2. The number of para-hydroxylation sites is 1. The standard InChI is InChI=1S/C14H16BrNOS/c1-16-9-12-3-2-4-13(15)14(12)17-7-5-11-6-8-18-10-11/h2-4,6,8,10,16H,5,7,9H2,1H3. The van der Waals surface area contributed by atoms with Gasteiger partial charge in [0.15, 0.2) is 0 Å². The Bertz CT molecular complexity index is 485. The van der Waals surface area contributed by atoms with E-state index >= 15 is 0 Å². The van der Waals surface area contributed by atoms with Crippen molar-refractivity contribution in [2.75, 3.05) is 13.7 Å². The Kier molecular flexibility index (Phi) is 5.23. The Morgan fingerprint density at radius 3 is 2.94 bits per heavy atom. The van der Waals surface area contributed by atoms with Gasteiger partial charge in [-0.2, -0.15) is 11.3 Å². The van der Waals surface area contributed by atoms with Crippen molar-refractivity contribution in [3.8, 4) is 5.75 Å². The molecule has 96 valence electrons. The lowest BCUT2D eigenvalue weighted by Gasteiger charge is -2.12. The molecule has 1 heterocycles. The average molecular weight is 326 g/mol. The van der Waals surface area contributed by atoms with Crippen molar-refractivity contribution in [3.63, 3.8) is 0 Å². The minimum absolute atomic E-state index is 0.704. The molecule has 0 saturated heterocycles. The third-order valence-corrected chi connectivity index (χ3v) is 3.99. The van der Waals surface area contributed by atoms with E-state index in [1.165, 1.54) is 11.1 Å². The van der Waals surface area contributed by atoms with Crippen LogP contribution in [0.2, 0.25) is 0 Å². The Morgan fingerprint density at radius 2 is 2.22 bits per heavy atom. The normalized spacial score (nSPS) is 10.6. The molecule has 2 nitrogen and oxygen atoms in total. The van der Waals surface area contributed by atoms with E-state index in [1.54, 1.807) is 11.3 Å². The van der Waals surface area contributed by atoms with Crippen LogP contribution in [0.4, 0.5) is 0 Å². The molecule has 0 spiro atoms. The molecule has 0 bridgehead atoms. The van der Waals surface area contributed by atoms with Gasteiger partial charge in [-0.3, -0.25) is 0 Å². The molecule has 0 aliphatic heterocycles. The lowest BCUT2D eigenvalue weighted by molar-refractivity contribution is 0.316. The Balaban J connectivity index is 1.99. The molecule has 1 N–H and O–H groups in total. The summed E-state index contributed by atoms with van der Waals surface area (Å²) in [5.41, 5.74) is 2.51. The first-order valence-electron chi connectivity index (χ1n) is 5.87. The monoisotopic (exact) mass is 325 g/mol. The molecule has 18 heavy (non-hydrogen) atoms. The second-order valence-electron chi connectivity index (χ2n) is 3.99. The van der Waals surface area contributed by atoms with E-state index in [9.17, 15) is 0 Å². The third-order valence-electron chi connectivity index (χ3n) is 2.63. The maximum atomic E-state index is 5.91. The quantitative estimate of drug-likeness (QED) is 0.871. The van der Waals surface area contributed by atoms with Gasteiger partial charge in [-0.05, 0) is 51.4 Å². The van der Waals surface area contributed by atoms with Gasteiger partial charge in [-0.1, -0.05) is 12.1 Å². The molecule has 1 aromatic carbocycles. The van der Waals surface area contributed by atoms with Gasteiger partial charge in [0.05, 0.1) is 11.1 Å². The summed E-state index contributed by atoms with van der Waals surface area (Å²) in [6.45, 7) is 1.52. The molecule has 0 unspecified atom stereocenters. The molecule has 0 aliphatic rings. The Hall–Kier alpha value is -0.840. The number of hydrogen-bond donors (Lipinski definition) is 1. The minimum atomic E-state index is 0.704. The van der Waals surface area contributed by atoms with Gasteiger partial charge in [0.1, 0.15) is 5.75 Å². The Morgan fingerprint density at radius 1 is 1.33 bits per heavy atom. The van der Waals surface area contributed by atoms with Gasteiger partial charge < -0.3 is 10.1 Å². The van der Waals surface area contributed by atoms with E-state index in [2.05, 4.69) is 44.1 Å². The highest BCUT2D eigenvalue weighted by Gasteiger charge is 2.07. The van der Waals surface area contributed by atoms with Crippen LogP contribution in [0.3, 0.4) is 0 Å². The van der Waals surface area contributed by atoms with Crippen LogP contribution in [0.25, 0.3) is 0 Å². The van der Waals surface area contributed by atoms with Crippen molar-refractivity contribution in [3.05, 3.63) is 50.6 Å². The van der Waals surface area contributed by atoms with E-state index in [0.29, 0.717) is 6.61 Å². The summed E-state index contributed by atoms with van der Waals surface area (Å²) in [6, 6.07) is 8.27. The zero-order chi connectivity index (χ0) is 12.8. The number of benzene rings is 1. The van der Waals surface area contributed by atoms with E-state index in [0.717, 1.165) is 23.2 Å². The molecule has 0 atom stereocenters. The SMILES string of the molecule is CNCc1cccc(Br)c1OCCc1ccsc1. The second kappa shape index (κ2) is 6.92. The maximum Gasteiger partial charge on any atom is 0.137 e. The maximum absolute atomic E-state index is 5.91. The van der Waals surface area contributed by atoms with E-state index in [4.69, 9.17) is 4.74 Å². The van der Waals surface area contributed by atoms with Crippen LogP contribution in [0.5, 0.6) is 5.75 Å². The predicted molar refractivity (Wildman–Crippen MR) is 80.4 cm³/mol. The number of ether oxygens (including phenoxy) is 1. The molecule has 0 radical (unpaired) electrons. The molecule has 0 amide bonds. The first-order valence-corrected chi connectivity index (χ1v) is 7.60. The van der Waals surface area contributed by atoms with Gasteiger partial charge in [0, 0.05) is 18.5 Å². The first kappa shape index (κ1) is 13.6. The van der Waals surface area contributed by atoms with Crippen LogP contribution >= 0.6 is 27.3 Å². The summed E-state index contributed by atoms with van der Waals surface area (Å²) in [4.78, 5) is 0. The van der Waals surface area contributed by atoms with E-state index in [1.807, 2.05) is 19.2 Å². The lowest BCUT2D eigenvalue weighted by Crippen LogP contribution is -2.09. The zero-order valence-corrected chi connectivity index (χ0v) is 12.7. The molecule has 0 aliphatic carbocycles. The highest BCUT2D eigenvalue weighted by atomic mass is 79.9. The third kappa shape index (κ3) is 3.57. The molecule has 4 heteroatoms. The number of rotatable bonds is 6. The zero-order valence-electron chi connectivity index (χ0n) is 10.3. The smallest absolute Gasteiger partial charge is 0.137 e.